The molecule has 5 aromatic rings. The van der Waals surface area contributed by atoms with Crippen molar-refractivity contribution in [3.8, 4) is 45.3 Å². The Morgan fingerprint density at radius 1 is 0.500 bits per heavy atom. The van der Waals surface area contributed by atoms with E-state index in [0.29, 0.717) is 0 Å². The quantitative estimate of drug-likeness (QED) is 0.307. The summed E-state index contributed by atoms with van der Waals surface area (Å²) in [7, 11) is 0. The van der Waals surface area contributed by atoms with Gasteiger partial charge in [-0.1, -0.05) is 84.9 Å². The highest BCUT2D eigenvalue weighted by molar-refractivity contribution is 6.98. The van der Waals surface area contributed by atoms with E-state index in [4.69, 9.17) is 9.47 Å². The minimum atomic E-state index is 0.0475. The normalized spacial score (nSPS) is 12.7. The Kier molecular flexibility index (Phi) is 4.19. The molecule has 0 unspecified atom stereocenters. The van der Waals surface area contributed by atoms with Crippen LogP contribution in [0.3, 0.4) is 0 Å². The minimum absolute atomic E-state index is 0.0475. The van der Waals surface area contributed by atoms with Crippen molar-refractivity contribution in [2.45, 2.75) is 6.92 Å². The molecule has 5 aromatic carbocycles. The van der Waals surface area contributed by atoms with Crippen LogP contribution in [-0.2, 0) is 0 Å². The van der Waals surface area contributed by atoms with Crippen molar-refractivity contribution in [1.82, 2.24) is 0 Å². The van der Waals surface area contributed by atoms with E-state index in [1.54, 1.807) is 0 Å². The summed E-state index contributed by atoms with van der Waals surface area (Å²) < 4.78 is 12.8. The van der Waals surface area contributed by atoms with Crippen molar-refractivity contribution in [2.24, 2.45) is 0 Å². The van der Waals surface area contributed by atoms with Crippen LogP contribution >= 0.6 is 0 Å². The molecule has 0 amide bonds. The molecule has 0 aromatic heterocycles. The molecule has 34 heavy (non-hydrogen) atoms. The number of aryl methyl sites for hydroxylation is 1. The first-order valence-corrected chi connectivity index (χ1v) is 11.6. The predicted molar refractivity (Wildman–Crippen MR) is 140 cm³/mol. The lowest BCUT2D eigenvalue weighted by molar-refractivity contribution is 0.464. The monoisotopic (exact) mass is 436 g/mol. The number of hydrogen-bond donors (Lipinski definition) is 0. The molecule has 0 bridgehead atoms. The Bertz CT molecular complexity index is 1560. The van der Waals surface area contributed by atoms with Crippen molar-refractivity contribution in [2.75, 3.05) is 0 Å². The van der Waals surface area contributed by atoms with E-state index in [-0.39, 0.29) is 6.71 Å². The third-order valence-corrected chi connectivity index (χ3v) is 6.96. The van der Waals surface area contributed by atoms with Crippen molar-refractivity contribution in [1.29, 1.82) is 0 Å². The lowest BCUT2D eigenvalue weighted by Gasteiger charge is -2.33. The molecule has 2 heterocycles. The smallest absolute Gasteiger partial charge is 0.260 e. The zero-order chi connectivity index (χ0) is 22.6. The number of rotatable bonds is 2. The molecule has 0 N–H and O–H groups in total. The van der Waals surface area contributed by atoms with Crippen LogP contribution in [0.4, 0.5) is 0 Å². The number of ether oxygens (including phenoxy) is 2. The van der Waals surface area contributed by atoms with Gasteiger partial charge in [-0.3, -0.25) is 0 Å². The second-order valence-corrected chi connectivity index (χ2v) is 8.99. The summed E-state index contributed by atoms with van der Waals surface area (Å²) in [6.07, 6.45) is 0. The van der Waals surface area contributed by atoms with Crippen molar-refractivity contribution in [3.05, 3.63) is 115 Å². The van der Waals surface area contributed by atoms with E-state index in [2.05, 4.69) is 97.9 Å². The molecule has 0 saturated heterocycles. The summed E-state index contributed by atoms with van der Waals surface area (Å²) in [6.45, 7) is 2.21. The number of hydrogen-bond acceptors (Lipinski definition) is 2. The van der Waals surface area contributed by atoms with Gasteiger partial charge in [0.1, 0.15) is 23.0 Å². The van der Waals surface area contributed by atoms with Crippen LogP contribution in [-0.4, -0.2) is 6.71 Å². The second-order valence-electron chi connectivity index (χ2n) is 8.99. The molecule has 7 rings (SSSR count). The fraction of sp³-hybridized carbons (Fsp3) is 0.0323. The third kappa shape index (κ3) is 2.90. The summed E-state index contributed by atoms with van der Waals surface area (Å²) in [4.78, 5) is 0. The van der Waals surface area contributed by atoms with Crippen LogP contribution in [0.1, 0.15) is 5.56 Å². The van der Waals surface area contributed by atoms with E-state index in [1.807, 2.05) is 18.2 Å². The Morgan fingerprint density at radius 3 is 1.82 bits per heavy atom. The zero-order valence-corrected chi connectivity index (χ0v) is 18.8. The van der Waals surface area contributed by atoms with Crippen LogP contribution in [0.2, 0.25) is 0 Å². The van der Waals surface area contributed by atoms with E-state index in [9.17, 15) is 0 Å². The molecular weight excluding hydrogens is 415 g/mol. The average molecular weight is 436 g/mol. The highest BCUT2D eigenvalue weighted by Gasteiger charge is 2.40. The van der Waals surface area contributed by atoms with Gasteiger partial charge in [0.15, 0.2) is 0 Å². The maximum Gasteiger partial charge on any atom is 0.260 e. The van der Waals surface area contributed by atoms with Gasteiger partial charge >= 0.3 is 0 Å². The topological polar surface area (TPSA) is 18.5 Å². The third-order valence-electron chi connectivity index (χ3n) is 6.96. The largest absolute Gasteiger partial charge is 0.458 e. The molecular formula is C31H21BO2. The van der Waals surface area contributed by atoms with Crippen LogP contribution in [0.15, 0.2) is 109 Å². The molecule has 3 heteroatoms. The highest BCUT2D eigenvalue weighted by Crippen LogP contribution is 2.36. The van der Waals surface area contributed by atoms with Crippen molar-refractivity contribution >= 4 is 23.1 Å². The standard InChI is InChI=1S/C31H21BO2/c1-20-8-5-6-11-24(20)23-15-17-28-26(19-23)32-25-18-22(21-9-3-2-4-10-21)14-16-27(25)33-29-12-7-13-30(34-28)31(29)32/h2-19H,1H3. The molecule has 2 nitrogen and oxygen atoms in total. The van der Waals surface area contributed by atoms with Gasteiger partial charge in [-0.2, -0.15) is 0 Å². The Hall–Kier alpha value is -4.24. The van der Waals surface area contributed by atoms with E-state index in [1.165, 1.54) is 38.7 Å². The number of fused-ring (bicyclic) bond motifs is 4. The molecule has 0 radical (unpaired) electrons. The van der Waals surface area contributed by atoms with E-state index >= 15 is 0 Å². The molecule has 0 aliphatic carbocycles. The van der Waals surface area contributed by atoms with Gasteiger partial charge in [0.2, 0.25) is 0 Å². The predicted octanol–water partition coefficient (Wildman–Crippen LogP) is 6.06. The van der Waals surface area contributed by atoms with Crippen LogP contribution in [0.5, 0.6) is 23.0 Å². The minimum Gasteiger partial charge on any atom is -0.458 e. The van der Waals surface area contributed by atoms with Crippen LogP contribution < -0.4 is 25.9 Å². The van der Waals surface area contributed by atoms with Gasteiger partial charge < -0.3 is 9.47 Å². The SMILES string of the molecule is Cc1ccccc1-c1ccc2c(c1)B1c3cc(-c4ccccc4)ccc3Oc3cccc(c31)O2. The fourth-order valence-corrected chi connectivity index (χ4v) is 5.31. The Balaban J connectivity index is 1.46. The summed E-state index contributed by atoms with van der Waals surface area (Å²) >= 11 is 0. The van der Waals surface area contributed by atoms with Crippen molar-refractivity contribution < 1.29 is 9.47 Å². The molecule has 2 aliphatic rings. The summed E-state index contributed by atoms with van der Waals surface area (Å²) in [5, 5.41) is 0. The summed E-state index contributed by atoms with van der Waals surface area (Å²) in [6, 6.07) is 38.2. The van der Waals surface area contributed by atoms with Crippen LogP contribution in [0.25, 0.3) is 22.3 Å². The molecule has 0 atom stereocenters. The maximum atomic E-state index is 6.40. The van der Waals surface area contributed by atoms with Gasteiger partial charge in [0.05, 0.1) is 0 Å². The summed E-state index contributed by atoms with van der Waals surface area (Å²) in [5.74, 6) is 3.55. The Morgan fingerprint density at radius 2 is 1.12 bits per heavy atom. The lowest BCUT2D eigenvalue weighted by Crippen LogP contribution is -2.57. The molecule has 160 valence electrons. The Labute approximate surface area is 199 Å². The van der Waals surface area contributed by atoms with E-state index < -0.39 is 0 Å². The van der Waals surface area contributed by atoms with Gasteiger partial charge in [0.25, 0.3) is 6.71 Å². The molecule has 0 spiro atoms. The van der Waals surface area contributed by atoms with Gasteiger partial charge in [-0.05, 0) is 69.9 Å². The van der Waals surface area contributed by atoms with E-state index in [0.717, 1.165) is 28.5 Å². The molecule has 2 aliphatic heterocycles. The zero-order valence-electron chi connectivity index (χ0n) is 18.8. The van der Waals surface area contributed by atoms with Gasteiger partial charge in [-0.25, -0.2) is 0 Å². The molecule has 0 saturated carbocycles. The first kappa shape index (κ1) is 19.3. The summed E-state index contributed by atoms with van der Waals surface area (Å²) in [5.41, 5.74) is 9.55. The fourth-order valence-electron chi connectivity index (χ4n) is 5.31. The van der Waals surface area contributed by atoms with Crippen LogP contribution in [0, 0.1) is 6.92 Å². The average Bonchev–Trinajstić information content (AvgIpc) is 2.89. The lowest BCUT2D eigenvalue weighted by atomic mass is 9.34. The maximum absolute atomic E-state index is 6.40. The second kappa shape index (κ2) is 7.39. The van der Waals surface area contributed by atoms with Gasteiger partial charge in [0, 0.05) is 5.46 Å². The van der Waals surface area contributed by atoms with Crippen molar-refractivity contribution in [3.63, 3.8) is 0 Å². The molecule has 0 fully saturated rings. The first-order chi connectivity index (χ1) is 16.8. The number of benzene rings is 5. The first-order valence-electron chi connectivity index (χ1n) is 11.6. The highest BCUT2D eigenvalue weighted by atomic mass is 16.5. The van der Waals surface area contributed by atoms with Gasteiger partial charge in [-0.15, -0.1) is 0 Å².